The van der Waals surface area contributed by atoms with E-state index in [0.29, 0.717) is 6.42 Å². The van der Waals surface area contributed by atoms with Crippen LogP contribution in [-0.2, 0) is 42.0 Å². The summed E-state index contributed by atoms with van der Waals surface area (Å²) < 4.78 is 30.3. The number of nitrogens with zero attached hydrogens (tertiary/aromatic N) is 1. The Labute approximate surface area is 192 Å². The van der Waals surface area contributed by atoms with E-state index in [1.807, 2.05) is 36.4 Å². The summed E-state index contributed by atoms with van der Waals surface area (Å²) >= 11 is 0. The van der Waals surface area contributed by atoms with Crippen molar-refractivity contribution in [2.75, 3.05) is 0 Å². The molecule has 9 heteroatoms. The maximum absolute atomic E-state index is 13.2. The van der Waals surface area contributed by atoms with Crippen LogP contribution in [0.3, 0.4) is 0 Å². The first kappa shape index (κ1) is 23.0. The highest BCUT2D eigenvalue weighted by atomic mass is 32.2. The number of hydrogen-bond donors (Lipinski definition) is 1. The molecule has 2 aliphatic rings. The summed E-state index contributed by atoms with van der Waals surface area (Å²) in [5.74, 6) is -1.79. The number of aryl methyl sites for hydroxylation is 1. The molecule has 2 fully saturated rings. The van der Waals surface area contributed by atoms with Crippen LogP contribution in [0.5, 0.6) is 0 Å². The number of carbonyl (C=O) groups is 3. The molecule has 2 aromatic carbocycles. The number of β-lactam (4-membered cyclic amide) rings is 1. The van der Waals surface area contributed by atoms with Gasteiger partial charge in [0.25, 0.3) is 0 Å². The quantitative estimate of drug-likeness (QED) is 0.486. The highest BCUT2D eigenvalue weighted by Gasteiger charge is 2.72. The lowest BCUT2D eigenvalue weighted by Gasteiger charge is -2.43. The van der Waals surface area contributed by atoms with Gasteiger partial charge in [0.1, 0.15) is 23.4 Å². The third-order valence-corrected chi connectivity index (χ3v) is 9.14. The third-order valence-electron chi connectivity index (χ3n) is 6.31. The van der Waals surface area contributed by atoms with E-state index >= 15 is 0 Å². The molecule has 0 radical (unpaired) electrons. The Morgan fingerprint density at radius 1 is 1.00 bits per heavy atom. The molecule has 0 unspecified atom stereocenters. The standard InChI is InChI=1S/C24H26N2O6S/c1-24(2)20(23(29)32-15-17-11-7-4-8-12-17)26-21(28)19(22(26)33(24,30)31)25-18(27)14-13-16-9-5-3-6-10-16/h3-12,19-20,22H,13-15H2,1-2H3,(H,25,27)/t19-,20+,22-/m1/s1. The average Bonchev–Trinajstić information content (AvgIpc) is 2.95. The number of esters is 1. The molecule has 4 rings (SSSR count). The summed E-state index contributed by atoms with van der Waals surface area (Å²) in [4.78, 5) is 39.2. The maximum Gasteiger partial charge on any atom is 0.330 e. The van der Waals surface area contributed by atoms with Crippen molar-refractivity contribution in [3.05, 3.63) is 71.8 Å². The zero-order valence-electron chi connectivity index (χ0n) is 18.4. The van der Waals surface area contributed by atoms with Gasteiger partial charge in [-0.25, -0.2) is 13.2 Å². The van der Waals surface area contributed by atoms with Crippen LogP contribution in [-0.4, -0.2) is 53.3 Å². The van der Waals surface area contributed by atoms with Gasteiger partial charge in [0.2, 0.25) is 11.8 Å². The van der Waals surface area contributed by atoms with Crippen molar-refractivity contribution in [3.8, 4) is 0 Å². The van der Waals surface area contributed by atoms with Crippen LogP contribution in [0.15, 0.2) is 60.7 Å². The highest BCUT2D eigenvalue weighted by Crippen LogP contribution is 2.46. The Bertz CT molecular complexity index is 1160. The molecule has 33 heavy (non-hydrogen) atoms. The topological polar surface area (TPSA) is 110 Å². The number of sulfone groups is 1. The van der Waals surface area contributed by atoms with Crippen LogP contribution in [0, 0.1) is 0 Å². The van der Waals surface area contributed by atoms with E-state index in [0.717, 1.165) is 16.0 Å². The van der Waals surface area contributed by atoms with Crippen molar-refractivity contribution < 1.29 is 27.5 Å². The van der Waals surface area contributed by atoms with Crippen LogP contribution in [0.25, 0.3) is 0 Å². The van der Waals surface area contributed by atoms with Gasteiger partial charge in [-0.2, -0.15) is 0 Å². The van der Waals surface area contributed by atoms with Gasteiger partial charge in [0, 0.05) is 6.42 Å². The van der Waals surface area contributed by atoms with E-state index in [-0.39, 0.29) is 13.0 Å². The normalized spacial score (nSPS) is 24.5. The number of nitrogens with one attached hydrogen (secondary N) is 1. The fraction of sp³-hybridized carbons (Fsp3) is 0.375. The van der Waals surface area contributed by atoms with E-state index in [2.05, 4.69) is 5.32 Å². The van der Waals surface area contributed by atoms with Crippen LogP contribution < -0.4 is 5.32 Å². The van der Waals surface area contributed by atoms with Gasteiger partial charge in [-0.05, 0) is 31.4 Å². The molecule has 2 aromatic rings. The fourth-order valence-corrected chi connectivity index (χ4v) is 6.59. The minimum atomic E-state index is -3.95. The molecular weight excluding hydrogens is 444 g/mol. The lowest BCUT2D eigenvalue weighted by atomic mass is 9.96. The van der Waals surface area contributed by atoms with Gasteiger partial charge < -0.3 is 15.0 Å². The predicted octanol–water partition coefficient (Wildman–Crippen LogP) is 1.59. The molecule has 3 atom stereocenters. The molecule has 2 aliphatic heterocycles. The summed E-state index contributed by atoms with van der Waals surface area (Å²) in [6.45, 7) is 2.80. The second kappa shape index (κ2) is 8.62. The van der Waals surface area contributed by atoms with Gasteiger partial charge in [-0.1, -0.05) is 60.7 Å². The minimum absolute atomic E-state index is 0.0291. The monoisotopic (exact) mass is 470 g/mol. The summed E-state index contributed by atoms with van der Waals surface area (Å²) in [6.07, 6.45) is 0.584. The van der Waals surface area contributed by atoms with Crippen molar-refractivity contribution in [3.63, 3.8) is 0 Å². The van der Waals surface area contributed by atoms with E-state index < -0.39 is 49.8 Å². The van der Waals surface area contributed by atoms with E-state index in [4.69, 9.17) is 4.74 Å². The molecule has 8 nitrogen and oxygen atoms in total. The number of ether oxygens (including phenoxy) is 1. The number of rotatable bonds is 7. The molecule has 0 aliphatic carbocycles. The van der Waals surface area contributed by atoms with Crippen molar-refractivity contribution in [2.24, 2.45) is 0 Å². The molecule has 2 saturated heterocycles. The van der Waals surface area contributed by atoms with Gasteiger partial charge in [0.05, 0.1) is 0 Å². The van der Waals surface area contributed by atoms with Crippen molar-refractivity contribution in [2.45, 2.75) is 55.5 Å². The highest BCUT2D eigenvalue weighted by molar-refractivity contribution is 7.94. The molecule has 0 aromatic heterocycles. The summed E-state index contributed by atoms with van der Waals surface area (Å²) in [5, 5.41) is 1.27. The number of benzene rings is 2. The zero-order valence-corrected chi connectivity index (χ0v) is 19.2. The van der Waals surface area contributed by atoms with Crippen LogP contribution in [0.2, 0.25) is 0 Å². The number of hydrogen-bond acceptors (Lipinski definition) is 6. The average molecular weight is 471 g/mol. The van der Waals surface area contributed by atoms with E-state index in [1.54, 1.807) is 24.3 Å². The SMILES string of the molecule is CC1(C)[C@H](C(=O)OCc2ccccc2)N2C(=O)[C@@H](NC(=O)CCc3ccccc3)[C@H]2S1(=O)=O. The Morgan fingerprint density at radius 3 is 2.18 bits per heavy atom. The number of fused-ring (bicyclic) bond motifs is 1. The fourth-order valence-electron chi connectivity index (χ4n) is 4.38. The summed E-state index contributed by atoms with van der Waals surface area (Å²) in [5.41, 5.74) is 1.71. The lowest BCUT2D eigenvalue weighted by Crippen LogP contribution is -2.72. The molecule has 1 N–H and O–H groups in total. The Morgan fingerprint density at radius 2 is 1.58 bits per heavy atom. The predicted molar refractivity (Wildman–Crippen MR) is 120 cm³/mol. The third kappa shape index (κ3) is 4.01. The minimum Gasteiger partial charge on any atom is -0.459 e. The summed E-state index contributed by atoms with van der Waals surface area (Å²) in [6, 6.07) is 15.9. The Hall–Kier alpha value is -3.20. The van der Waals surface area contributed by atoms with Gasteiger partial charge in [-0.3, -0.25) is 9.59 Å². The van der Waals surface area contributed by atoms with Gasteiger partial charge in [0.15, 0.2) is 15.2 Å². The molecule has 2 amide bonds. The van der Waals surface area contributed by atoms with E-state index in [1.165, 1.54) is 13.8 Å². The van der Waals surface area contributed by atoms with Crippen LogP contribution >= 0.6 is 0 Å². The molecule has 0 spiro atoms. The molecule has 0 bridgehead atoms. The van der Waals surface area contributed by atoms with Crippen molar-refractivity contribution in [1.29, 1.82) is 0 Å². The van der Waals surface area contributed by atoms with Crippen LogP contribution in [0.1, 0.15) is 31.4 Å². The Kier molecular flexibility index (Phi) is 6.00. The van der Waals surface area contributed by atoms with Crippen LogP contribution in [0.4, 0.5) is 0 Å². The Balaban J connectivity index is 1.45. The zero-order chi connectivity index (χ0) is 23.8. The number of amides is 2. The second-order valence-corrected chi connectivity index (χ2v) is 11.4. The van der Waals surface area contributed by atoms with Gasteiger partial charge >= 0.3 is 5.97 Å². The van der Waals surface area contributed by atoms with Gasteiger partial charge in [-0.15, -0.1) is 0 Å². The van der Waals surface area contributed by atoms with E-state index in [9.17, 15) is 22.8 Å². The number of carbonyl (C=O) groups excluding carboxylic acids is 3. The molecule has 2 heterocycles. The largest absolute Gasteiger partial charge is 0.459 e. The van der Waals surface area contributed by atoms with Crippen molar-refractivity contribution in [1.82, 2.24) is 10.2 Å². The smallest absolute Gasteiger partial charge is 0.330 e. The second-order valence-electron chi connectivity index (χ2n) is 8.81. The maximum atomic E-state index is 13.2. The first-order chi connectivity index (χ1) is 15.6. The summed E-state index contributed by atoms with van der Waals surface area (Å²) in [7, 11) is -3.95. The first-order valence-corrected chi connectivity index (χ1v) is 12.3. The first-order valence-electron chi connectivity index (χ1n) is 10.7. The van der Waals surface area contributed by atoms with Crippen molar-refractivity contribution >= 4 is 27.6 Å². The lowest BCUT2D eigenvalue weighted by molar-refractivity contribution is -0.165. The molecule has 174 valence electrons. The molecule has 0 saturated carbocycles. The molecular formula is C24H26N2O6S.